The van der Waals surface area contributed by atoms with Crippen LogP contribution in [0.25, 0.3) is 11.0 Å². The minimum absolute atomic E-state index is 0.162. The fraction of sp³-hybridized carbons (Fsp3) is 0.0800. The quantitative estimate of drug-likeness (QED) is 0.361. The smallest absolute Gasteiger partial charge is 0.291 e. The van der Waals surface area contributed by atoms with Crippen molar-refractivity contribution in [3.8, 4) is 0 Å². The first-order chi connectivity index (χ1) is 15.5. The molecule has 4 aromatic rings. The minimum atomic E-state index is -0.357. The van der Waals surface area contributed by atoms with Crippen molar-refractivity contribution in [1.82, 2.24) is 5.32 Å². The first-order valence-corrected chi connectivity index (χ1v) is 10.5. The number of rotatable bonds is 5. The molecule has 0 aliphatic rings. The summed E-state index contributed by atoms with van der Waals surface area (Å²) in [6.07, 6.45) is 0.908. The second-order valence-electron chi connectivity index (χ2n) is 7.14. The number of nitrogens with one attached hydrogen (secondary N) is 3. The molecule has 0 fully saturated rings. The van der Waals surface area contributed by atoms with E-state index < -0.39 is 0 Å². The maximum atomic E-state index is 12.6. The highest BCUT2D eigenvalue weighted by Gasteiger charge is 2.13. The van der Waals surface area contributed by atoms with Gasteiger partial charge in [0, 0.05) is 22.3 Å². The molecule has 0 atom stereocenters. The van der Waals surface area contributed by atoms with Gasteiger partial charge in [0.15, 0.2) is 10.9 Å². The molecule has 160 valence electrons. The van der Waals surface area contributed by atoms with Crippen LogP contribution in [0.1, 0.15) is 33.4 Å². The highest BCUT2D eigenvalue weighted by atomic mass is 32.1. The van der Waals surface area contributed by atoms with Gasteiger partial charge in [-0.25, -0.2) is 0 Å². The standard InChI is InChI=1S/C25H21N3O3S/c1-2-16-10-12-17(13-11-16)23(29)28-25(32)27-20-8-5-7-19(15-20)26-24(30)22-14-18-6-3-4-9-21(18)31-22/h3-15H,2H2,1H3,(H,26,30)(H2,27,28,29,32). The number of aryl methyl sites for hydroxylation is 1. The summed E-state index contributed by atoms with van der Waals surface area (Å²) >= 11 is 5.26. The third kappa shape index (κ3) is 5.01. The molecule has 7 heteroatoms. The number of hydrogen-bond donors (Lipinski definition) is 3. The van der Waals surface area contributed by atoms with Crippen LogP contribution in [0.3, 0.4) is 0 Å². The van der Waals surface area contributed by atoms with Crippen LogP contribution in [0.4, 0.5) is 11.4 Å². The van der Waals surface area contributed by atoms with E-state index in [2.05, 4.69) is 22.9 Å². The maximum absolute atomic E-state index is 12.6. The molecule has 4 rings (SSSR count). The summed E-state index contributed by atoms with van der Waals surface area (Å²) < 4.78 is 5.60. The number of hydrogen-bond acceptors (Lipinski definition) is 4. The molecular formula is C25H21N3O3S. The van der Waals surface area contributed by atoms with Crippen LogP contribution in [0.5, 0.6) is 0 Å². The van der Waals surface area contributed by atoms with E-state index in [0.717, 1.165) is 17.4 Å². The number of anilines is 2. The second kappa shape index (κ2) is 9.45. The van der Waals surface area contributed by atoms with Crippen molar-refractivity contribution < 1.29 is 14.0 Å². The van der Waals surface area contributed by atoms with Crippen molar-refractivity contribution >= 4 is 51.5 Å². The van der Waals surface area contributed by atoms with Crippen molar-refractivity contribution in [2.45, 2.75) is 13.3 Å². The van der Waals surface area contributed by atoms with Crippen LogP contribution in [0.2, 0.25) is 0 Å². The summed E-state index contributed by atoms with van der Waals surface area (Å²) in [5, 5.41) is 9.46. The average molecular weight is 444 g/mol. The van der Waals surface area contributed by atoms with Gasteiger partial charge in [-0.1, -0.05) is 43.3 Å². The van der Waals surface area contributed by atoms with Crippen LogP contribution in [0, 0.1) is 0 Å². The molecule has 0 saturated carbocycles. The first kappa shape index (κ1) is 21.3. The zero-order chi connectivity index (χ0) is 22.5. The SMILES string of the molecule is CCc1ccc(C(=O)NC(=S)Nc2cccc(NC(=O)c3cc4ccccc4o3)c2)cc1. The first-order valence-electron chi connectivity index (χ1n) is 10.1. The Labute approximate surface area is 190 Å². The number of carbonyl (C=O) groups is 2. The minimum Gasteiger partial charge on any atom is -0.451 e. The molecule has 0 spiro atoms. The molecule has 0 radical (unpaired) electrons. The van der Waals surface area contributed by atoms with Gasteiger partial charge >= 0.3 is 0 Å². The van der Waals surface area contributed by atoms with Crippen LogP contribution in [-0.2, 0) is 6.42 Å². The topological polar surface area (TPSA) is 83.4 Å². The van der Waals surface area contributed by atoms with E-state index in [1.807, 2.05) is 36.4 Å². The van der Waals surface area contributed by atoms with Crippen molar-refractivity contribution in [3.63, 3.8) is 0 Å². The van der Waals surface area contributed by atoms with Gasteiger partial charge in [-0.15, -0.1) is 0 Å². The monoisotopic (exact) mass is 443 g/mol. The molecule has 6 nitrogen and oxygen atoms in total. The molecule has 32 heavy (non-hydrogen) atoms. The molecule has 1 aromatic heterocycles. The van der Waals surface area contributed by atoms with Crippen molar-refractivity contribution in [2.24, 2.45) is 0 Å². The lowest BCUT2D eigenvalue weighted by Gasteiger charge is -2.11. The van der Waals surface area contributed by atoms with E-state index in [-0.39, 0.29) is 22.7 Å². The van der Waals surface area contributed by atoms with Crippen LogP contribution >= 0.6 is 12.2 Å². The lowest BCUT2D eigenvalue weighted by atomic mass is 10.1. The van der Waals surface area contributed by atoms with E-state index in [4.69, 9.17) is 16.6 Å². The highest BCUT2D eigenvalue weighted by molar-refractivity contribution is 7.80. The molecule has 0 aliphatic heterocycles. The van der Waals surface area contributed by atoms with Crippen LogP contribution < -0.4 is 16.0 Å². The number of carbonyl (C=O) groups excluding carboxylic acids is 2. The average Bonchev–Trinajstić information content (AvgIpc) is 3.24. The molecule has 0 bridgehead atoms. The molecule has 3 aromatic carbocycles. The number of thiocarbonyl (C=S) groups is 1. The Hall–Kier alpha value is -3.97. The fourth-order valence-electron chi connectivity index (χ4n) is 3.19. The summed E-state index contributed by atoms with van der Waals surface area (Å²) in [6.45, 7) is 2.06. The van der Waals surface area contributed by atoms with Gasteiger partial charge in [0.25, 0.3) is 11.8 Å². The zero-order valence-corrected chi connectivity index (χ0v) is 18.2. The van der Waals surface area contributed by atoms with Crippen molar-refractivity contribution in [3.05, 3.63) is 95.7 Å². The van der Waals surface area contributed by atoms with E-state index in [0.29, 0.717) is 22.5 Å². The van der Waals surface area contributed by atoms with E-state index in [1.54, 1.807) is 42.5 Å². The Kier molecular flexibility index (Phi) is 6.28. The molecule has 3 N–H and O–H groups in total. The van der Waals surface area contributed by atoms with Crippen molar-refractivity contribution in [1.29, 1.82) is 0 Å². The van der Waals surface area contributed by atoms with Gasteiger partial charge < -0.3 is 15.1 Å². The molecular weight excluding hydrogens is 422 g/mol. The van der Waals surface area contributed by atoms with Crippen molar-refractivity contribution in [2.75, 3.05) is 10.6 Å². The number of fused-ring (bicyclic) bond motifs is 1. The van der Waals surface area contributed by atoms with E-state index >= 15 is 0 Å². The number of benzene rings is 3. The molecule has 0 unspecified atom stereocenters. The van der Waals surface area contributed by atoms with E-state index in [9.17, 15) is 9.59 Å². The lowest BCUT2D eigenvalue weighted by molar-refractivity contribution is 0.0975. The Bertz CT molecular complexity index is 1260. The predicted molar refractivity (Wildman–Crippen MR) is 130 cm³/mol. The molecule has 2 amide bonds. The Morgan fingerprint density at radius 2 is 1.56 bits per heavy atom. The van der Waals surface area contributed by atoms with E-state index in [1.165, 1.54) is 0 Å². The number of furan rings is 1. The van der Waals surface area contributed by atoms with Crippen LogP contribution in [-0.4, -0.2) is 16.9 Å². The summed E-state index contributed by atoms with van der Waals surface area (Å²) in [5.74, 6) is -0.425. The zero-order valence-electron chi connectivity index (χ0n) is 17.3. The summed E-state index contributed by atoms with van der Waals surface area (Å²) in [7, 11) is 0. The van der Waals surface area contributed by atoms with Gasteiger partial charge in [-0.3, -0.25) is 14.9 Å². The van der Waals surface area contributed by atoms with Gasteiger partial charge in [0.1, 0.15) is 5.58 Å². The third-order valence-electron chi connectivity index (χ3n) is 4.88. The lowest BCUT2D eigenvalue weighted by Crippen LogP contribution is -2.34. The summed E-state index contributed by atoms with van der Waals surface area (Å²) in [5.41, 5.74) is 3.52. The van der Waals surface area contributed by atoms with Gasteiger partial charge in [0.2, 0.25) is 0 Å². The number of para-hydroxylation sites is 1. The highest BCUT2D eigenvalue weighted by Crippen LogP contribution is 2.21. The predicted octanol–water partition coefficient (Wildman–Crippen LogP) is 5.37. The molecule has 0 saturated heterocycles. The molecule has 1 heterocycles. The molecule has 0 aliphatic carbocycles. The largest absolute Gasteiger partial charge is 0.451 e. The normalized spacial score (nSPS) is 10.5. The number of amides is 2. The Morgan fingerprint density at radius 1 is 0.844 bits per heavy atom. The van der Waals surface area contributed by atoms with Crippen LogP contribution in [0.15, 0.2) is 83.3 Å². The van der Waals surface area contributed by atoms with Gasteiger partial charge in [-0.2, -0.15) is 0 Å². The summed E-state index contributed by atoms with van der Waals surface area (Å²) in [6, 6.07) is 23.5. The Balaban J connectivity index is 1.38. The van der Waals surface area contributed by atoms with Gasteiger partial charge in [-0.05, 0) is 66.7 Å². The van der Waals surface area contributed by atoms with Gasteiger partial charge in [0.05, 0.1) is 0 Å². The third-order valence-corrected chi connectivity index (χ3v) is 5.08. The fourth-order valence-corrected chi connectivity index (χ4v) is 3.40. The second-order valence-corrected chi connectivity index (χ2v) is 7.55. The Morgan fingerprint density at radius 3 is 2.28 bits per heavy atom. The maximum Gasteiger partial charge on any atom is 0.291 e. The summed E-state index contributed by atoms with van der Waals surface area (Å²) in [4.78, 5) is 24.9.